The standard InChI is InChI=1S/C11H15NO3S/c12-11(4-5-11)6-7-16(14,15)10-3-1-2-9(13)8-10/h1-3,8,13H,4-7,12H2. The maximum Gasteiger partial charge on any atom is 0.178 e. The topological polar surface area (TPSA) is 80.4 Å². The highest BCUT2D eigenvalue weighted by Gasteiger charge is 2.38. The molecule has 3 N–H and O–H groups in total. The molecule has 2 rings (SSSR count). The highest BCUT2D eigenvalue weighted by atomic mass is 32.2. The summed E-state index contributed by atoms with van der Waals surface area (Å²) >= 11 is 0. The van der Waals surface area contributed by atoms with Crippen LogP contribution in [-0.2, 0) is 9.84 Å². The molecule has 0 spiro atoms. The number of nitrogens with two attached hydrogens (primary N) is 1. The Kier molecular flexibility index (Phi) is 2.67. The SMILES string of the molecule is NC1(CCS(=O)(=O)c2cccc(O)c2)CC1. The van der Waals surface area contributed by atoms with Crippen LogP contribution in [0.3, 0.4) is 0 Å². The van der Waals surface area contributed by atoms with E-state index in [1.54, 1.807) is 0 Å². The van der Waals surface area contributed by atoms with Crippen LogP contribution in [0.4, 0.5) is 0 Å². The fourth-order valence-corrected chi connectivity index (χ4v) is 3.04. The summed E-state index contributed by atoms with van der Waals surface area (Å²) in [7, 11) is -3.32. The van der Waals surface area contributed by atoms with E-state index in [4.69, 9.17) is 5.73 Å². The zero-order valence-electron chi connectivity index (χ0n) is 8.89. The van der Waals surface area contributed by atoms with Crippen molar-refractivity contribution in [3.8, 4) is 5.75 Å². The zero-order chi connectivity index (χ0) is 11.8. The Hall–Kier alpha value is -1.07. The molecule has 0 bridgehead atoms. The van der Waals surface area contributed by atoms with Gasteiger partial charge >= 0.3 is 0 Å². The number of phenols is 1. The molecule has 4 nitrogen and oxygen atoms in total. The van der Waals surface area contributed by atoms with Crippen molar-refractivity contribution in [3.63, 3.8) is 0 Å². The van der Waals surface area contributed by atoms with Crippen LogP contribution in [0.5, 0.6) is 5.75 Å². The van der Waals surface area contributed by atoms with Gasteiger partial charge in [0.2, 0.25) is 0 Å². The molecule has 1 aromatic carbocycles. The predicted molar refractivity (Wildman–Crippen MR) is 60.9 cm³/mol. The second-order valence-electron chi connectivity index (χ2n) is 4.43. The lowest BCUT2D eigenvalue weighted by Crippen LogP contribution is -2.25. The maximum absolute atomic E-state index is 11.9. The van der Waals surface area contributed by atoms with Crippen LogP contribution in [0.2, 0.25) is 0 Å². The molecule has 1 fully saturated rings. The summed E-state index contributed by atoms with van der Waals surface area (Å²) in [4.78, 5) is 0.164. The van der Waals surface area contributed by atoms with Gasteiger partial charge in [-0.1, -0.05) is 6.07 Å². The van der Waals surface area contributed by atoms with Crippen molar-refractivity contribution in [2.45, 2.75) is 29.7 Å². The lowest BCUT2D eigenvalue weighted by atomic mass is 10.2. The van der Waals surface area contributed by atoms with Crippen molar-refractivity contribution in [2.24, 2.45) is 5.73 Å². The molecule has 88 valence electrons. The van der Waals surface area contributed by atoms with Crippen LogP contribution in [0, 0.1) is 0 Å². The Bertz CT molecular complexity index is 492. The van der Waals surface area contributed by atoms with Crippen LogP contribution in [0.1, 0.15) is 19.3 Å². The second kappa shape index (κ2) is 3.75. The van der Waals surface area contributed by atoms with E-state index in [0.29, 0.717) is 6.42 Å². The third kappa shape index (κ3) is 2.54. The molecular weight excluding hydrogens is 226 g/mol. The Morgan fingerprint density at radius 1 is 1.38 bits per heavy atom. The summed E-state index contributed by atoms with van der Waals surface area (Å²) in [6, 6.07) is 5.73. The Labute approximate surface area is 95.0 Å². The normalized spacial score (nSPS) is 18.3. The molecule has 0 heterocycles. The molecule has 0 saturated heterocycles. The van der Waals surface area contributed by atoms with Gasteiger partial charge in [0.15, 0.2) is 9.84 Å². The predicted octanol–water partition coefficient (Wildman–Crippen LogP) is 1.05. The lowest BCUT2D eigenvalue weighted by molar-refractivity contribution is 0.473. The van der Waals surface area contributed by atoms with Crippen molar-refractivity contribution in [2.75, 3.05) is 5.75 Å². The Morgan fingerprint density at radius 2 is 2.06 bits per heavy atom. The summed E-state index contributed by atoms with van der Waals surface area (Å²) in [5, 5.41) is 9.23. The number of rotatable bonds is 4. The number of sulfone groups is 1. The van der Waals surface area contributed by atoms with Gasteiger partial charge in [-0.15, -0.1) is 0 Å². The minimum absolute atomic E-state index is 0.0324. The number of phenolic OH excluding ortho intramolecular Hbond substituents is 1. The number of aromatic hydroxyl groups is 1. The van der Waals surface area contributed by atoms with E-state index < -0.39 is 9.84 Å². The molecule has 0 amide bonds. The summed E-state index contributed by atoms with van der Waals surface area (Å²) < 4.78 is 23.8. The molecule has 0 unspecified atom stereocenters. The van der Waals surface area contributed by atoms with Crippen molar-refractivity contribution in [1.29, 1.82) is 0 Å². The molecule has 1 aliphatic carbocycles. The third-order valence-electron chi connectivity index (χ3n) is 2.94. The van der Waals surface area contributed by atoms with E-state index in [-0.39, 0.29) is 21.9 Å². The van der Waals surface area contributed by atoms with Crippen LogP contribution >= 0.6 is 0 Å². The van der Waals surface area contributed by atoms with Crippen LogP contribution < -0.4 is 5.73 Å². The highest BCUT2D eigenvalue weighted by molar-refractivity contribution is 7.91. The monoisotopic (exact) mass is 241 g/mol. The van der Waals surface area contributed by atoms with Gasteiger partial charge in [-0.3, -0.25) is 0 Å². The van der Waals surface area contributed by atoms with E-state index >= 15 is 0 Å². The molecule has 0 aliphatic heterocycles. The first kappa shape index (κ1) is 11.4. The van der Waals surface area contributed by atoms with Crippen molar-refractivity contribution in [1.82, 2.24) is 0 Å². The summed E-state index contributed by atoms with van der Waals surface area (Å²) in [6.45, 7) is 0. The van der Waals surface area contributed by atoms with Gasteiger partial charge in [0.1, 0.15) is 5.75 Å². The van der Waals surface area contributed by atoms with E-state index in [2.05, 4.69) is 0 Å². The minimum atomic E-state index is -3.32. The molecule has 0 radical (unpaired) electrons. The van der Waals surface area contributed by atoms with Gasteiger partial charge in [-0.2, -0.15) is 0 Å². The molecule has 0 atom stereocenters. The van der Waals surface area contributed by atoms with E-state index in [1.165, 1.54) is 24.3 Å². The van der Waals surface area contributed by atoms with Gasteiger partial charge in [-0.05, 0) is 37.5 Å². The highest BCUT2D eigenvalue weighted by Crippen LogP contribution is 2.36. The van der Waals surface area contributed by atoms with Gasteiger partial charge in [0.25, 0.3) is 0 Å². The Morgan fingerprint density at radius 3 is 2.62 bits per heavy atom. The van der Waals surface area contributed by atoms with Crippen LogP contribution in [0.25, 0.3) is 0 Å². The number of benzene rings is 1. The summed E-state index contributed by atoms with van der Waals surface area (Å²) in [6.07, 6.45) is 2.30. The quantitative estimate of drug-likeness (QED) is 0.825. The minimum Gasteiger partial charge on any atom is -0.508 e. The molecule has 16 heavy (non-hydrogen) atoms. The first-order valence-electron chi connectivity index (χ1n) is 5.22. The lowest BCUT2D eigenvalue weighted by Gasteiger charge is -2.09. The largest absolute Gasteiger partial charge is 0.508 e. The van der Waals surface area contributed by atoms with Crippen LogP contribution in [-0.4, -0.2) is 24.8 Å². The first-order chi connectivity index (χ1) is 7.41. The van der Waals surface area contributed by atoms with Gasteiger partial charge in [-0.25, -0.2) is 8.42 Å². The van der Waals surface area contributed by atoms with E-state index in [0.717, 1.165) is 12.8 Å². The molecule has 0 aromatic heterocycles. The first-order valence-corrected chi connectivity index (χ1v) is 6.87. The van der Waals surface area contributed by atoms with Gasteiger partial charge in [0, 0.05) is 5.54 Å². The van der Waals surface area contributed by atoms with E-state index in [9.17, 15) is 13.5 Å². The fourth-order valence-electron chi connectivity index (χ4n) is 1.54. The molecule has 5 heteroatoms. The molecule has 1 saturated carbocycles. The van der Waals surface area contributed by atoms with Crippen molar-refractivity contribution in [3.05, 3.63) is 24.3 Å². The van der Waals surface area contributed by atoms with Crippen molar-refractivity contribution < 1.29 is 13.5 Å². The fraction of sp³-hybridized carbons (Fsp3) is 0.455. The van der Waals surface area contributed by atoms with Gasteiger partial charge in [0.05, 0.1) is 10.6 Å². The zero-order valence-corrected chi connectivity index (χ0v) is 9.70. The summed E-state index contributed by atoms with van der Waals surface area (Å²) in [5.41, 5.74) is 5.59. The molecule has 1 aromatic rings. The molecule has 1 aliphatic rings. The average Bonchev–Trinajstić information content (AvgIpc) is 2.95. The maximum atomic E-state index is 11.9. The number of hydrogen-bond donors (Lipinski definition) is 2. The smallest absolute Gasteiger partial charge is 0.178 e. The van der Waals surface area contributed by atoms with Gasteiger partial charge < -0.3 is 10.8 Å². The van der Waals surface area contributed by atoms with Crippen LogP contribution in [0.15, 0.2) is 29.2 Å². The van der Waals surface area contributed by atoms with E-state index in [1.807, 2.05) is 0 Å². The Balaban J connectivity index is 2.12. The number of hydrogen-bond acceptors (Lipinski definition) is 4. The third-order valence-corrected chi connectivity index (χ3v) is 4.65. The molecular formula is C11H15NO3S. The second-order valence-corrected chi connectivity index (χ2v) is 6.54. The van der Waals surface area contributed by atoms with Crippen molar-refractivity contribution >= 4 is 9.84 Å². The summed E-state index contributed by atoms with van der Waals surface area (Å²) in [5.74, 6) is 0.0161. The average molecular weight is 241 g/mol.